The quantitative estimate of drug-likeness (QED) is 0.188. The van der Waals surface area contributed by atoms with Gasteiger partial charge in [0, 0.05) is 55.4 Å². The number of benzene rings is 4. The molecule has 5 heterocycles. The first kappa shape index (κ1) is 29.2. The van der Waals surface area contributed by atoms with Gasteiger partial charge in [-0.05, 0) is 71.3 Å². The molecule has 3 aromatic heterocycles. The zero-order valence-corrected chi connectivity index (χ0v) is 27.1. The molecule has 8 bridgehead atoms. The van der Waals surface area contributed by atoms with Crippen LogP contribution < -0.4 is 0 Å². The molecule has 234 valence electrons. The number of nitrogens with zero attached hydrogens (tertiary/aromatic N) is 2. The molecule has 0 amide bonds. The molecule has 4 heteroatoms. The van der Waals surface area contributed by atoms with Crippen molar-refractivity contribution in [1.82, 2.24) is 19.9 Å². The molecule has 50 heavy (non-hydrogen) atoms. The van der Waals surface area contributed by atoms with Crippen LogP contribution in [-0.2, 0) is 0 Å². The third kappa shape index (κ3) is 5.06. The van der Waals surface area contributed by atoms with E-state index >= 15 is 0 Å². The van der Waals surface area contributed by atoms with Gasteiger partial charge >= 0.3 is 0 Å². The Morgan fingerprint density at radius 3 is 1.12 bits per heavy atom. The number of terminal acetylenes is 1. The molecule has 4 nitrogen and oxygen atoms in total. The molecule has 0 spiro atoms. The van der Waals surface area contributed by atoms with Crippen LogP contribution in [-0.4, -0.2) is 19.9 Å². The highest BCUT2D eigenvalue weighted by atomic mass is 14.8. The standard InChI is InChI=1S/C46H30N4/c1-2-30-14-12-13-21-34(30)46-41-28-26-39(49-41)44(32-17-8-4-9-18-32)37-24-22-35(47-37)43(31-15-6-3-7-16-31)36-23-25-38(48-36)45(33-19-10-5-11-20-33)40-27-29-42(46)50-40/h1,3-29,47,50H. The van der Waals surface area contributed by atoms with Gasteiger partial charge in [-0.2, -0.15) is 0 Å². The summed E-state index contributed by atoms with van der Waals surface area (Å²) in [6.07, 6.45) is 14.5. The third-order valence-corrected chi connectivity index (χ3v) is 9.29. The molecule has 7 aromatic rings. The predicted octanol–water partition coefficient (Wildman–Crippen LogP) is 11.3. The van der Waals surface area contributed by atoms with E-state index in [1.54, 1.807) is 0 Å². The summed E-state index contributed by atoms with van der Waals surface area (Å²) in [6, 6.07) is 47.9. The molecule has 0 fully saturated rings. The van der Waals surface area contributed by atoms with E-state index in [0.717, 1.165) is 94.9 Å². The highest BCUT2D eigenvalue weighted by Crippen LogP contribution is 2.38. The molecule has 0 saturated heterocycles. The van der Waals surface area contributed by atoms with E-state index in [2.05, 4.69) is 143 Å². The Kier molecular flexibility index (Phi) is 7.15. The third-order valence-electron chi connectivity index (χ3n) is 9.29. The Hall–Kier alpha value is -6.96. The van der Waals surface area contributed by atoms with E-state index in [1.807, 2.05) is 36.4 Å². The van der Waals surface area contributed by atoms with Crippen LogP contribution in [0.15, 0.2) is 140 Å². The van der Waals surface area contributed by atoms with Crippen molar-refractivity contribution in [1.29, 1.82) is 0 Å². The van der Waals surface area contributed by atoms with Gasteiger partial charge in [-0.1, -0.05) is 115 Å². The maximum absolute atomic E-state index is 6.09. The molecule has 2 aliphatic heterocycles. The first-order valence-corrected chi connectivity index (χ1v) is 16.6. The Morgan fingerprint density at radius 1 is 0.380 bits per heavy atom. The van der Waals surface area contributed by atoms with Crippen LogP contribution >= 0.6 is 0 Å². The molecule has 2 aliphatic rings. The fourth-order valence-corrected chi connectivity index (χ4v) is 7.04. The highest BCUT2D eigenvalue weighted by Gasteiger charge is 2.19. The molecule has 9 rings (SSSR count). The lowest BCUT2D eigenvalue weighted by molar-refractivity contribution is 1.31. The van der Waals surface area contributed by atoms with Crippen molar-refractivity contribution in [2.24, 2.45) is 0 Å². The van der Waals surface area contributed by atoms with E-state index in [-0.39, 0.29) is 0 Å². The normalized spacial score (nSPS) is 11.8. The van der Waals surface area contributed by atoms with Crippen molar-refractivity contribution in [3.8, 4) is 56.9 Å². The zero-order chi connectivity index (χ0) is 33.4. The second-order valence-electron chi connectivity index (χ2n) is 12.3. The molecule has 0 unspecified atom stereocenters. The Labute approximate surface area is 290 Å². The number of rotatable bonds is 4. The van der Waals surface area contributed by atoms with Gasteiger partial charge in [-0.15, -0.1) is 6.42 Å². The Morgan fingerprint density at radius 2 is 0.720 bits per heavy atom. The average molecular weight is 639 g/mol. The second kappa shape index (κ2) is 12.2. The average Bonchev–Trinajstić information content (AvgIpc) is 4.01. The van der Waals surface area contributed by atoms with Crippen LogP contribution in [0.2, 0.25) is 0 Å². The maximum Gasteiger partial charge on any atom is 0.0737 e. The largest absolute Gasteiger partial charge is 0.354 e. The van der Waals surface area contributed by atoms with Gasteiger partial charge in [0.25, 0.3) is 0 Å². The number of H-pyrrole nitrogens is 2. The Bertz CT molecular complexity index is 2650. The summed E-state index contributed by atoms with van der Waals surface area (Å²) >= 11 is 0. The number of hydrogen-bond acceptors (Lipinski definition) is 2. The molecule has 2 N–H and O–H groups in total. The maximum atomic E-state index is 6.09. The minimum Gasteiger partial charge on any atom is -0.354 e. The molecule has 0 radical (unpaired) electrons. The highest BCUT2D eigenvalue weighted by molar-refractivity contribution is 6.00. The van der Waals surface area contributed by atoms with Crippen molar-refractivity contribution in [2.75, 3.05) is 0 Å². The van der Waals surface area contributed by atoms with E-state index in [1.165, 1.54) is 0 Å². The number of hydrogen-bond donors (Lipinski definition) is 2. The predicted molar refractivity (Wildman–Crippen MR) is 209 cm³/mol. The SMILES string of the molecule is C#Cc1ccccc1-c1c2nc(c(-c3ccccc3)c3ccc([nH]3)c(-c3ccccc3)c3nc(c(-c4ccccc4)c4ccc1[nH]4)C=C3)C=C2. The van der Waals surface area contributed by atoms with Crippen molar-refractivity contribution >= 4 is 46.4 Å². The number of fused-ring (bicyclic) bond motifs is 8. The van der Waals surface area contributed by atoms with Crippen molar-refractivity contribution < 1.29 is 0 Å². The first-order chi connectivity index (χ1) is 24.7. The van der Waals surface area contributed by atoms with Gasteiger partial charge in [0.2, 0.25) is 0 Å². The summed E-state index contributed by atoms with van der Waals surface area (Å²) in [5.41, 5.74) is 16.2. The van der Waals surface area contributed by atoms with E-state index in [9.17, 15) is 0 Å². The minimum atomic E-state index is 0.803. The summed E-state index contributed by atoms with van der Waals surface area (Å²) < 4.78 is 0. The van der Waals surface area contributed by atoms with Gasteiger partial charge in [0.05, 0.1) is 22.8 Å². The zero-order valence-electron chi connectivity index (χ0n) is 27.1. The van der Waals surface area contributed by atoms with Gasteiger partial charge < -0.3 is 9.97 Å². The molecular formula is C46H30N4. The van der Waals surface area contributed by atoms with E-state index < -0.39 is 0 Å². The molecule has 4 aromatic carbocycles. The van der Waals surface area contributed by atoms with Crippen LogP contribution in [0.4, 0.5) is 0 Å². The van der Waals surface area contributed by atoms with Gasteiger partial charge in [-0.25, -0.2) is 9.97 Å². The van der Waals surface area contributed by atoms with Crippen LogP contribution in [0, 0.1) is 12.3 Å². The molecule has 0 atom stereocenters. The van der Waals surface area contributed by atoms with Crippen LogP contribution in [0.3, 0.4) is 0 Å². The van der Waals surface area contributed by atoms with Gasteiger partial charge in [0.1, 0.15) is 0 Å². The fourth-order valence-electron chi connectivity index (χ4n) is 7.04. The van der Waals surface area contributed by atoms with Crippen molar-refractivity contribution in [3.05, 3.63) is 168 Å². The second-order valence-corrected chi connectivity index (χ2v) is 12.3. The van der Waals surface area contributed by atoms with Crippen LogP contribution in [0.25, 0.3) is 90.9 Å². The summed E-state index contributed by atoms with van der Waals surface area (Å²) in [7, 11) is 0. The summed E-state index contributed by atoms with van der Waals surface area (Å²) in [4.78, 5) is 18.3. The lowest BCUT2D eigenvalue weighted by Gasteiger charge is -2.08. The summed E-state index contributed by atoms with van der Waals surface area (Å²) in [5.74, 6) is 2.91. The number of nitrogens with one attached hydrogen (secondary N) is 2. The number of aromatic amines is 2. The van der Waals surface area contributed by atoms with E-state index in [4.69, 9.17) is 16.4 Å². The Balaban J connectivity index is 1.50. The molecule has 0 aliphatic carbocycles. The fraction of sp³-hybridized carbons (Fsp3) is 0. The van der Waals surface area contributed by atoms with Crippen LogP contribution in [0.5, 0.6) is 0 Å². The molecule has 0 saturated carbocycles. The minimum absolute atomic E-state index is 0.803. The van der Waals surface area contributed by atoms with Crippen LogP contribution in [0.1, 0.15) is 28.3 Å². The first-order valence-electron chi connectivity index (χ1n) is 16.6. The summed E-state index contributed by atoms with van der Waals surface area (Å²) in [6.45, 7) is 0. The lowest BCUT2D eigenvalue weighted by Crippen LogP contribution is -1.91. The smallest absolute Gasteiger partial charge is 0.0737 e. The lowest BCUT2D eigenvalue weighted by atomic mass is 9.98. The van der Waals surface area contributed by atoms with Crippen molar-refractivity contribution in [3.63, 3.8) is 0 Å². The molecular weight excluding hydrogens is 609 g/mol. The monoisotopic (exact) mass is 638 g/mol. The summed E-state index contributed by atoms with van der Waals surface area (Å²) in [5, 5.41) is 0. The number of aromatic nitrogens is 4. The van der Waals surface area contributed by atoms with E-state index in [0.29, 0.717) is 0 Å². The topological polar surface area (TPSA) is 57.4 Å². The van der Waals surface area contributed by atoms with Gasteiger partial charge in [0.15, 0.2) is 0 Å². The van der Waals surface area contributed by atoms with Crippen molar-refractivity contribution in [2.45, 2.75) is 0 Å². The van der Waals surface area contributed by atoms with Gasteiger partial charge in [-0.3, -0.25) is 0 Å².